The molecule has 1 aromatic carbocycles. The molecule has 0 aromatic heterocycles. The Hall–Kier alpha value is -2.04. The Balaban J connectivity index is 1.59. The number of ether oxygens (including phenoxy) is 1. The van der Waals surface area contributed by atoms with Crippen LogP contribution in [0.2, 0.25) is 0 Å². The van der Waals surface area contributed by atoms with Crippen molar-refractivity contribution in [2.24, 2.45) is 0 Å². The van der Waals surface area contributed by atoms with Gasteiger partial charge in [0.25, 0.3) is 5.91 Å². The lowest BCUT2D eigenvalue weighted by molar-refractivity contribution is -0.160. The van der Waals surface area contributed by atoms with Gasteiger partial charge in [-0.3, -0.25) is 9.59 Å². The SMILES string of the molecule is O=C1[C@@H]2CN1CCCCN2C(=O)COc1ccccc1. The van der Waals surface area contributed by atoms with E-state index in [9.17, 15) is 9.59 Å². The predicted octanol–water partition coefficient (Wildman–Crippen LogP) is 0.899. The molecule has 3 aliphatic heterocycles. The maximum Gasteiger partial charge on any atom is 0.261 e. The molecule has 0 unspecified atom stereocenters. The quantitative estimate of drug-likeness (QED) is 0.769. The van der Waals surface area contributed by atoms with Crippen LogP contribution in [-0.4, -0.2) is 53.9 Å². The van der Waals surface area contributed by atoms with Crippen molar-refractivity contribution in [1.82, 2.24) is 9.80 Å². The van der Waals surface area contributed by atoms with Gasteiger partial charge < -0.3 is 14.5 Å². The number of para-hydroxylation sites is 1. The van der Waals surface area contributed by atoms with E-state index in [-0.39, 0.29) is 24.5 Å². The Morgan fingerprint density at radius 2 is 1.95 bits per heavy atom. The van der Waals surface area contributed by atoms with E-state index in [2.05, 4.69) is 0 Å². The highest BCUT2D eigenvalue weighted by atomic mass is 16.5. The van der Waals surface area contributed by atoms with Gasteiger partial charge in [-0.25, -0.2) is 0 Å². The Morgan fingerprint density at radius 3 is 2.70 bits per heavy atom. The Morgan fingerprint density at radius 1 is 1.20 bits per heavy atom. The van der Waals surface area contributed by atoms with Gasteiger partial charge in [-0.05, 0) is 25.0 Å². The van der Waals surface area contributed by atoms with Crippen LogP contribution in [0.1, 0.15) is 12.8 Å². The number of fused-ring (bicyclic) bond motifs is 4. The molecule has 2 amide bonds. The molecular formula is C15H18N2O3. The van der Waals surface area contributed by atoms with E-state index in [4.69, 9.17) is 4.74 Å². The van der Waals surface area contributed by atoms with Crippen LogP contribution < -0.4 is 4.74 Å². The third-order valence-electron chi connectivity index (χ3n) is 3.87. The number of β-lactam (4-membered cyclic amide) rings is 1. The minimum absolute atomic E-state index is 0.00616. The topological polar surface area (TPSA) is 49.9 Å². The summed E-state index contributed by atoms with van der Waals surface area (Å²) in [7, 11) is 0. The zero-order valence-electron chi connectivity index (χ0n) is 11.3. The lowest BCUT2D eigenvalue weighted by atomic mass is 10.0. The average molecular weight is 274 g/mol. The number of carbonyl (C=O) groups excluding carboxylic acids is 2. The lowest BCUT2D eigenvalue weighted by Crippen LogP contribution is -2.66. The van der Waals surface area contributed by atoms with Crippen LogP contribution in [0.25, 0.3) is 0 Å². The molecule has 0 spiro atoms. The summed E-state index contributed by atoms with van der Waals surface area (Å²) >= 11 is 0. The maximum atomic E-state index is 12.2. The van der Waals surface area contributed by atoms with E-state index >= 15 is 0 Å². The van der Waals surface area contributed by atoms with Gasteiger partial charge in [0.1, 0.15) is 11.8 Å². The summed E-state index contributed by atoms with van der Waals surface area (Å²) in [6.07, 6.45) is 1.90. The first-order chi connectivity index (χ1) is 9.75. The van der Waals surface area contributed by atoms with Gasteiger partial charge in [-0.2, -0.15) is 0 Å². The molecule has 0 radical (unpaired) electrons. The van der Waals surface area contributed by atoms with Crippen LogP contribution in [0, 0.1) is 0 Å². The van der Waals surface area contributed by atoms with Crippen molar-refractivity contribution in [3.05, 3.63) is 30.3 Å². The molecule has 0 aliphatic carbocycles. The first kappa shape index (κ1) is 13.0. The van der Waals surface area contributed by atoms with Crippen molar-refractivity contribution in [2.45, 2.75) is 18.9 Å². The zero-order valence-corrected chi connectivity index (χ0v) is 11.3. The average Bonchev–Trinajstić information content (AvgIpc) is 2.44. The van der Waals surface area contributed by atoms with Crippen molar-refractivity contribution in [3.63, 3.8) is 0 Å². The van der Waals surface area contributed by atoms with Gasteiger partial charge in [0.15, 0.2) is 6.61 Å². The molecule has 106 valence electrons. The first-order valence-electron chi connectivity index (χ1n) is 7.02. The zero-order chi connectivity index (χ0) is 13.9. The number of amides is 2. The summed E-state index contributed by atoms with van der Waals surface area (Å²) < 4.78 is 5.48. The monoisotopic (exact) mass is 274 g/mol. The van der Waals surface area contributed by atoms with Crippen molar-refractivity contribution >= 4 is 11.8 Å². The third kappa shape index (κ3) is 2.48. The number of rotatable bonds is 3. The van der Waals surface area contributed by atoms with E-state index in [1.165, 1.54) is 0 Å². The van der Waals surface area contributed by atoms with Gasteiger partial charge in [0.05, 0.1) is 6.54 Å². The molecule has 4 rings (SSSR count). The highest BCUT2D eigenvalue weighted by Crippen LogP contribution is 2.21. The second-order valence-electron chi connectivity index (χ2n) is 5.20. The summed E-state index contributed by atoms with van der Waals surface area (Å²) in [5, 5.41) is 0. The first-order valence-corrected chi connectivity index (χ1v) is 7.02. The Labute approximate surface area is 118 Å². The molecule has 20 heavy (non-hydrogen) atoms. The minimum atomic E-state index is -0.262. The molecule has 1 aromatic rings. The number of nitrogens with zero attached hydrogens (tertiary/aromatic N) is 2. The van der Waals surface area contributed by atoms with Crippen LogP contribution in [0.3, 0.4) is 0 Å². The summed E-state index contributed by atoms with van der Waals surface area (Å²) in [5.41, 5.74) is 0. The molecule has 3 aliphatic rings. The van der Waals surface area contributed by atoms with Crippen molar-refractivity contribution < 1.29 is 14.3 Å². The van der Waals surface area contributed by atoms with Crippen LogP contribution in [0.5, 0.6) is 5.75 Å². The largest absolute Gasteiger partial charge is 0.484 e. The number of carbonyl (C=O) groups is 2. The smallest absolute Gasteiger partial charge is 0.261 e. The Kier molecular flexibility index (Phi) is 3.58. The summed E-state index contributed by atoms with van der Waals surface area (Å²) in [4.78, 5) is 27.6. The Bertz CT molecular complexity index is 503. The third-order valence-corrected chi connectivity index (χ3v) is 3.87. The molecule has 0 saturated carbocycles. The van der Waals surface area contributed by atoms with Gasteiger partial charge in [0, 0.05) is 13.1 Å². The molecule has 5 heteroatoms. The minimum Gasteiger partial charge on any atom is -0.484 e. The molecule has 0 N–H and O–H groups in total. The van der Waals surface area contributed by atoms with Crippen molar-refractivity contribution in [2.75, 3.05) is 26.2 Å². The van der Waals surface area contributed by atoms with Crippen LogP contribution >= 0.6 is 0 Å². The van der Waals surface area contributed by atoms with Crippen LogP contribution in [0.4, 0.5) is 0 Å². The molecule has 3 fully saturated rings. The predicted molar refractivity (Wildman–Crippen MR) is 73.3 cm³/mol. The van der Waals surface area contributed by atoms with Gasteiger partial charge >= 0.3 is 0 Å². The van der Waals surface area contributed by atoms with Crippen molar-refractivity contribution in [3.8, 4) is 5.75 Å². The number of hydrogen-bond donors (Lipinski definition) is 0. The molecule has 3 saturated heterocycles. The highest BCUT2D eigenvalue weighted by Gasteiger charge is 2.43. The van der Waals surface area contributed by atoms with Gasteiger partial charge in [-0.15, -0.1) is 0 Å². The van der Waals surface area contributed by atoms with E-state index in [0.29, 0.717) is 18.8 Å². The van der Waals surface area contributed by atoms with E-state index in [1.807, 2.05) is 35.2 Å². The highest BCUT2D eigenvalue weighted by molar-refractivity contribution is 5.92. The van der Waals surface area contributed by atoms with Gasteiger partial charge in [-0.1, -0.05) is 18.2 Å². The summed E-state index contributed by atoms with van der Waals surface area (Å²) in [6, 6.07) is 9.00. The molecule has 3 heterocycles. The van der Waals surface area contributed by atoms with Crippen molar-refractivity contribution in [1.29, 1.82) is 0 Å². The summed E-state index contributed by atoms with van der Waals surface area (Å²) in [6.45, 7) is 2.16. The fourth-order valence-corrected chi connectivity index (χ4v) is 2.69. The molecule has 5 nitrogen and oxygen atoms in total. The molecule has 2 bridgehead atoms. The van der Waals surface area contributed by atoms with E-state index in [1.54, 1.807) is 4.90 Å². The lowest BCUT2D eigenvalue weighted by Gasteiger charge is -2.46. The number of benzene rings is 1. The van der Waals surface area contributed by atoms with Crippen LogP contribution in [0.15, 0.2) is 30.3 Å². The van der Waals surface area contributed by atoms with E-state index in [0.717, 1.165) is 19.4 Å². The fourth-order valence-electron chi connectivity index (χ4n) is 2.69. The summed E-state index contributed by atoms with van der Waals surface area (Å²) in [5.74, 6) is 0.654. The molecule has 1 atom stereocenters. The van der Waals surface area contributed by atoms with Crippen LogP contribution in [-0.2, 0) is 9.59 Å². The standard InChI is InChI=1S/C15H18N2O3/c18-14(11-20-12-6-2-1-3-7-12)17-9-5-4-8-16-10-13(17)15(16)19/h1-3,6-7,13H,4-5,8-11H2/t13-/m0/s1. The van der Waals surface area contributed by atoms with E-state index < -0.39 is 0 Å². The number of hydrogen-bond acceptors (Lipinski definition) is 3. The fraction of sp³-hybridized carbons (Fsp3) is 0.467. The second-order valence-corrected chi connectivity index (χ2v) is 5.20. The normalized spacial score (nSPS) is 21.8. The molecular weight excluding hydrogens is 256 g/mol. The van der Waals surface area contributed by atoms with Gasteiger partial charge in [0.2, 0.25) is 5.91 Å². The maximum absolute atomic E-state index is 12.2. The second kappa shape index (κ2) is 5.53.